The van der Waals surface area contributed by atoms with E-state index in [0.29, 0.717) is 12.1 Å². The lowest BCUT2D eigenvalue weighted by Gasteiger charge is -2.50. The maximum Gasteiger partial charge on any atom is 0.148 e. The topological polar surface area (TPSA) is 46.0 Å². The monoisotopic (exact) mass is 347 g/mol. The molecule has 0 unspecified atom stereocenters. The lowest BCUT2D eigenvalue weighted by atomic mass is 9.79. The minimum Gasteiger partial charge on any atom is -0.364 e. The van der Waals surface area contributed by atoms with E-state index in [1.807, 2.05) is 0 Å². The van der Waals surface area contributed by atoms with E-state index in [0.717, 1.165) is 23.0 Å². The smallest absolute Gasteiger partial charge is 0.148 e. The van der Waals surface area contributed by atoms with Crippen LogP contribution in [0.2, 0.25) is 0 Å². The van der Waals surface area contributed by atoms with Gasteiger partial charge < -0.3 is 9.88 Å². The Bertz CT molecular complexity index is 919. The Kier molecular flexibility index (Phi) is 3.71. The van der Waals surface area contributed by atoms with Crippen molar-refractivity contribution in [3.63, 3.8) is 0 Å². The van der Waals surface area contributed by atoms with E-state index in [2.05, 4.69) is 81.5 Å². The lowest BCUT2D eigenvalue weighted by molar-refractivity contribution is 0.0457. The molecule has 0 radical (unpaired) electrons. The van der Waals surface area contributed by atoms with Crippen LogP contribution in [0.5, 0.6) is 0 Å². The standard InChI is InChI=1S/C21H25N5/c1-14-21(15-8-11-26(14)12-9-15)22-20-6-4-18(23-24-20)16-3-5-19-17(13-16)7-10-25(19)2/h3-7,10,13-15,21H,8-9,11-12H2,1-2H3,(H,22,24)/t14-,21-/m1/s1. The molecule has 0 spiro atoms. The molecular weight excluding hydrogens is 322 g/mol. The van der Waals surface area contributed by atoms with E-state index >= 15 is 0 Å². The molecule has 3 fully saturated rings. The highest BCUT2D eigenvalue weighted by molar-refractivity contribution is 5.85. The zero-order chi connectivity index (χ0) is 17.7. The third-order valence-corrected chi connectivity index (χ3v) is 6.34. The molecule has 5 heteroatoms. The van der Waals surface area contributed by atoms with Crippen molar-refractivity contribution >= 4 is 16.7 Å². The van der Waals surface area contributed by atoms with Crippen molar-refractivity contribution in [3.8, 4) is 11.3 Å². The van der Waals surface area contributed by atoms with Gasteiger partial charge in [0.1, 0.15) is 5.82 Å². The van der Waals surface area contributed by atoms with E-state index in [4.69, 9.17) is 0 Å². The van der Waals surface area contributed by atoms with Crippen molar-refractivity contribution < 1.29 is 0 Å². The number of fused-ring (bicyclic) bond motifs is 4. The molecule has 3 aliphatic rings. The van der Waals surface area contributed by atoms with Gasteiger partial charge in [0.25, 0.3) is 0 Å². The van der Waals surface area contributed by atoms with Crippen molar-refractivity contribution in [2.45, 2.75) is 31.8 Å². The highest BCUT2D eigenvalue weighted by Crippen LogP contribution is 2.34. The number of hydrogen-bond donors (Lipinski definition) is 1. The van der Waals surface area contributed by atoms with E-state index in [1.165, 1.54) is 36.8 Å². The fourth-order valence-electron chi connectivity index (χ4n) is 4.72. The predicted molar refractivity (Wildman–Crippen MR) is 105 cm³/mol. The number of nitrogens with one attached hydrogen (secondary N) is 1. The first-order valence-corrected chi connectivity index (χ1v) is 9.59. The van der Waals surface area contributed by atoms with E-state index < -0.39 is 0 Å². The van der Waals surface area contributed by atoms with Gasteiger partial charge >= 0.3 is 0 Å². The minimum absolute atomic E-state index is 0.485. The average molecular weight is 347 g/mol. The summed E-state index contributed by atoms with van der Waals surface area (Å²) in [5.74, 6) is 1.65. The van der Waals surface area contributed by atoms with Gasteiger partial charge in [0.2, 0.25) is 0 Å². The zero-order valence-electron chi connectivity index (χ0n) is 15.4. The molecule has 2 bridgehead atoms. The number of anilines is 1. The normalized spacial score (nSPS) is 27.8. The van der Waals surface area contributed by atoms with Crippen LogP contribution in [0.3, 0.4) is 0 Å². The van der Waals surface area contributed by atoms with E-state index in [9.17, 15) is 0 Å². The number of hydrogen-bond acceptors (Lipinski definition) is 4. The fourth-order valence-corrected chi connectivity index (χ4v) is 4.72. The van der Waals surface area contributed by atoms with Crippen LogP contribution in [0.25, 0.3) is 22.2 Å². The summed E-state index contributed by atoms with van der Waals surface area (Å²) in [5.41, 5.74) is 3.26. The number of aromatic nitrogens is 3. The molecule has 3 saturated heterocycles. The Morgan fingerprint density at radius 1 is 1.04 bits per heavy atom. The Hall–Kier alpha value is -2.40. The first-order valence-electron chi connectivity index (χ1n) is 9.59. The van der Waals surface area contributed by atoms with Crippen LogP contribution < -0.4 is 5.32 Å². The van der Waals surface area contributed by atoms with Crippen molar-refractivity contribution in [3.05, 3.63) is 42.6 Å². The summed E-state index contributed by atoms with van der Waals surface area (Å²) in [6.45, 7) is 4.83. The predicted octanol–water partition coefficient (Wildman–Crippen LogP) is 3.53. The van der Waals surface area contributed by atoms with Gasteiger partial charge in [0.15, 0.2) is 0 Å². The van der Waals surface area contributed by atoms with E-state index in [-0.39, 0.29) is 0 Å². The zero-order valence-corrected chi connectivity index (χ0v) is 15.4. The summed E-state index contributed by atoms with van der Waals surface area (Å²) < 4.78 is 2.13. The Balaban J connectivity index is 1.36. The van der Waals surface area contributed by atoms with Gasteiger partial charge in [-0.05, 0) is 69.1 Å². The molecule has 26 heavy (non-hydrogen) atoms. The third-order valence-electron chi connectivity index (χ3n) is 6.34. The molecule has 0 saturated carbocycles. The molecule has 0 amide bonds. The maximum atomic E-state index is 4.48. The second-order valence-corrected chi connectivity index (χ2v) is 7.79. The first kappa shape index (κ1) is 15.8. The van der Waals surface area contributed by atoms with Gasteiger partial charge in [-0.15, -0.1) is 10.2 Å². The van der Waals surface area contributed by atoms with Crippen molar-refractivity contribution in [2.75, 3.05) is 18.4 Å². The van der Waals surface area contributed by atoms with Crippen molar-refractivity contribution in [1.29, 1.82) is 0 Å². The lowest BCUT2D eigenvalue weighted by Crippen LogP contribution is -2.59. The SMILES string of the molecule is C[C@@H]1[C@@H](Nc2ccc(-c3ccc4c(ccn4C)c3)nn2)C2CCN1CC2. The first-order chi connectivity index (χ1) is 12.7. The summed E-state index contributed by atoms with van der Waals surface area (Å²) in [7, 11) is 2.07. The Morgan fingerprint density at radius 2 is 1.88 bits per heavy atom. The number of nitrogens with zero attached hydrogens (tertiary/aromatic N) is 4. The quantitative estimate of drug-likeness (QED) is 0.787. The number of benzene rings is 1. The van der Waals surface area contributed by atoms with Crippen LogP contribution in [0.1, 0.15) is 19.8 Å². The molecule has 134 valence electrons. The van der Waals surface area contributed by atoms with Gasteiger partial charge in [0, 0.05) is 41.8 Å². The summed E-state index contributed by atoms with van der Waals surface area (Å²) in [5, 5.41) is 13.8. The summed E-state index contributed by atoms with van der Waals surface area (Å²) in [4.78, 5) is 2.59. The van der Waals surface area contributed by atoms with Gasteiger partial charge in [-0.1, -0.05) is 6.07 Å². The Labute approximate surface area is 154 Å². The average Bonchev–Trinajstić information content (AvgIpc) is 3.06. The molecule has 3 aliphatic heterocycles. The molecule has 2 aromatic heterocycles. The molecular formula is C21H25N5. The van der Waals surface area contributed by atoms with Gasteiger partial charge in [-0.25, -0.2) is 0 Å². The maximum absolute atomic E-state index is 4.48. The van der Waals surface area contributed by atoms with E-state index in [1.54, 1.807) is 0 Å². The summed E-state index contributed by atoms with van der Waals surface area (Å²) >= 11 is 0. The van der Waals surface area contributed by atoms with Crippen LogP contribution in [-0.4, -0.2) is 44.8 Å². The molecule has 5 heterocycles. The highest BCUT2D eigenvalue weighted by atomic mass is 15.2. The van der Waals surface area contributed by atoms with Gasteiger partial charge in [-0.3, -0.25) is 4.90 Å². The molecule has 1 aromatic carbocycles. The minimum atomic E-state index is 0.485. The van der Waals surface area contributed by atoms with Gasteiger partial charge in [-0.2, -0.15) is 0 Å². The summed E-state index contributed by atoms with van der Waals surface area (Å²) in [6, 6.07) is 13.8. The second-order valence-electron chi connectivity index (χ2n) is 7.79. The number of aryl methyl sites for hydroxylation is 1. The number of rotatable bonds is 3. The van der Waals surface area contributed by atoms with Crippen LogP contribution in [0.15, 0.2) is 42.6 Å². The van der Waals surface area contributed by atoms with Crippen LogP contribution in [0.4, 0.5) is 5.82 Å². The second kappa shape index (κ2) is 6.09. The van der Waals surface area contributed by atoms with Gasteiger partial charge in [0.05, 0.1) is 5.69 Å². The van der Waals surface area contributed by atoms with Crippen LogP contribution >= 0.6 is 0 Å². The highest BCUT2D eigenvalue weighted by Gasteiger charge is 2.39. The molecule has 3 aromatic rings. The fraction of sp³-hybridized carbons (Fsp3) is 0.429. The van der Waals surface area contributed by atoms with Crippen molar-refractivity contribution in [2.24, 2.45) is 13.0 Å². The largest absolute Gasteiger partial charge is 0.364 e. The Morgan fingerprint density at radius 3 is 2.62 bits per heavy atom. The van der Waals surface area contributed by atoms with Crippen LogP contribution in [-0.2, 0) is 7.05 Å². The summed E-state index contributed by atoms with van der Waals surface area (Å²) in [6.07, 6.45) is 4.68. The molecule has 5 nitrogen and oxygen atoms in total. The van der Waals surface area contributed by atoms with Crippen molar-refractivity contribution in [1.82, 2.24) is 19.7 Å². The molecule has 1 N–H and O–H groups in total. The van der Waals surface area contributed by atoms with Crippen LogP contribution in [0, 0.1) is 5.92 Å². The number of piperidine rings is 3. The molecule has 0 aliphatic carbocycles. The molecule has 2 atom stereocenters. The third kappa shape index (κ3) is 2.58. The molecule has 6 rings (SSSR count).